The molecular weight excluding hydrogens is 256 g/mol. The molecule has 1 fully saturated rings. The largest absolute Gasteiger partial charge is 0.468 e. The van der Waals surface area contributed by atoms with Gasteiger partial charge in [0.1, 0.15) is 11.4 Å². The van der Waals surface area contributed by atoms with Gasteiger partial charge in [-0.2, -0.15) is 0 Å². The summed E-state index contributed by atoms with van der Waals surface area (Å²) in [5.41, 5.74) is -0.435. The van der Waals surface area contributed by atoms with Crippen LogP contribution in [0.5, 0.6) is 0 Å². The zero-order valence-corrected chi connectivity index (χ0v) is 12.7. The Morgan fingerprint density at radius 3 is 2.75 bits per heavy atom. The van der Waals surface area contributed by atoms with E-state index < -0.39 is 5.60 Å². The fraction of sp³-hybridized carbons (Fsp3) is 0.667. The highest BCUT2D eigenvalue weighted by atomic mass is 16.6. The van der Waals surface area contributed by atoms with Crippen LogP contribution in [-0.2, 0) is 4.74 Å². The number of rotatable bonds is 4. The Morgan fingerprint density at radius 1 is 1.55 bits per heavy atom. The Morgan fingerprint density at radius 2 is 2.25 bits per heavy atom. The van der Waals surface area contributed by atoms with Crippen molar-refractivity contribution >= 4 is 6.09 Å². The fourth-order valence-corrected chi connectivity index (χ4v) is 2.23. The Labute approximate surface area is 120 Å². The first-order chi connectivity index (χ1) is 9.39. The fourth-order valence-electron chi connectivity index (χ4n) is 2.23. The van der Waals surface area contributed by atoms with Gasteiger partial charge in [-0.05, 0) is 39.3 Å². The van der Waals surface area contributed by atoms with Crippen molar-refractivity contribution in [2.24, 2.45) is 0 Å². The van der Waals surface area contributed by atoms with Gasteiger partial charge in [-0.25, -0.2) is 4.79 Å². The van der Waals surface area contributed by atoms with Crippen LogP contribution in [0.15, 0.2) is 22.8 Å². The van der Waals surface area contributed by atoms with Crippen molar-refractivity contribution in [2.45, 2.75) is 51.8 Å². The summed E-state index contributed by atoms with van der Waals surface area (Å²) in [6, 6.07) is 4.38. The Balaban J connectivity index is 1.77. The van der Waals surface area contributed by atoms with Crippen LogP contribution in [0.25, 0.3) is 0 Å². The first-order valence-electron chi connectivity index (χ1n) is 7.16. The van der Waals surface area contributed by atoms with Crippen molar-refractivity contribution < 1.29 is 13.9 Å². The maximum atomic E-state index is 11.8. The Kier molecular flexibility index (Phi) is 4.38. The molecule has 1 N–H and O–H groups in total. The molecule has 0 spiro atoms. The number of furan rings is 1. The van der Waals surface area contributed by atoms with Crippen LogP contribution >= 0.6 is 0 Å². The molecule has 1 aromatic rings. The number of amides is 1. The van der Waals surface area contributed by atoms with E-state index in [4.69, 9.17) is 9.15 Å². The summed E-state index contributed by atoms with van der Waals surface area (Å²) in [7, 11) is 0. The summed E-state index contributed by atoms with van der Waals surface area (Å²) in [6.07, 6.45) is 2.41. The van der Waals surface area contributed by atoms with Crippen LogP contribution in [0, 0.1) is 0 Å². The molecule has 1 saturated heterocycles. The number of hydrogen-bond acceptors (Lipinski definition) is 4. The third kappa shape index (κ3) is 3.76. The third-order valence-electron chi connectivity index (χ3n) is 3.27. The molecule has 112 valence electrons. The second kappa shape index (κ2) is 5.87. The maximum absolute atomic E-state index is 11.8. The van der Waals surface area contributed by atoms with Gasteiger partial charge in [-0.1, -0.05) is 6.92 Å². The second-order valence-electron chi connectivity index (χ2n) is 6.23. The van der Waals surface area contributed by atoms with E-state index in [-0.39, 0.29) is 12.1 Å². The molecule has 20 heavy (non-hydrogen) atoms. The lowest BCUT2D eigenvalue weighted by molar-refractivity contribution is 0.00383. The van der Waals surface area contributed by atoms with Gasteiger partial charge in [0.15, 0.2) is 0 Å². The summed E-state index contributed by atoms with van der Waals surface area (Å²) < 4.78 is 10.8. The SMILES string of the molecule is CCC(NC1CN(C(=O)OC(C)(C)C)C1)c1ccco1. The Hall–Kier alpha value is -1.49. The molecule has 0 bridgehead atoms. The van der Waals surface area contributed by atoms with Crippen molar-refractivity contribution in [3.05, 3.63) is 24.2 Å². The normalized spacial score (nSPS) is 17.7. The molecule has 1 aliphatic heterocycles. The van der Waals surface area contributed by atoms with Gasteiger partial charge in [-0.15, -0.1) is 0 Å². The van der Waals surface area contributed by atoms with Gasteiger partial charge in [0, 0.05) is 19.1 Å². The topological polar surface area (TPSA) is 54.7 Å². The summed E-state index contributed by atoms with van der Waals surface area (Å²) in [6.45, 7) is 9.13. The average Bonchev–Trinajstić information content (AvgIpc) is 2.78. The smallest absolute Gasteiger partial charge is 0.410 e. The lowest BCUT2D eigenvalue weighted by Gasteiger charge is -2.41. The summed E-state index contributed by atoms with van der Waals surface area (Å²) in [5.74, 6) is 0.947. The predicted octanol–water partition coefficient (Wildman–Crippen LogP) is 2.94. The van der Waals surface area contributed by atoms with Gasteiger partial charge in [0.25, 0.3) is 0 Å². The average molecular weight is 280 g/mol. The van der Waals surface area contributed by atoms with E-state index >= 15 is 0 Å². The van der Waals surface area contributed by atoms with Crippen molar-refractivity contribution in [2.75, 3.05) is 13.1 Å². The minimum absolute atomic E-state index is 0.204. The standard InChI is InChI=1S/C15H24N2O3/c1-5-12(13-7-6-8-19-13)16-11-9-17(10-11)14(18)20-15(2,3)4/h6-8,11-12,16H,5,9-10H2,1-4H3. The molecule has 0 aliphatic carbocycles. The van der Waals surface area contributed by atoms with Crippen LogP contribution in [-0.4, -0.2) is 35.7 Å². The van der Waals surface area contributed by atoms with Gasteiger partial charge >= 0.3 is 6.09 Å². The van der Waals surface area contributed by atoms with Crippen molar-refractivity contribution in [3.8, 4) is 0 Å². The van der Waals surface area contributed by atoms with Crippen molar-refractivity contribution in [1.82, 2.24) is 10.2 Å². The Bertz CT molecular complexity index is 430. The first kappa shape index (κ1) is 14.9. The summed E-state index contributed by atoms with van der Waals surface area (Å²) >= 11 is 0. The molecule has 2 rings (SSSR count). The van der Waals surface area contributed by atoms with Crippen LogP contribution in [0.3, 0.4) is 0 Å². The number of ether oxygens (including phenoxy) is 1. The van der Waals surface area contributed by atoms with E-state index in [1.54, 1.807) is 11.2 Å². The first-order valence-corrected chi connectivity index (χ1v) is 7.16. The monoisotopic (exact) mass is 280 g/mol. The van der Waals surface area contributed by atoms with E-state index in [1.165, 1.54) is 0 Å². The van der Waals surface area contributed by atoms with E-state index in [0.717, 1.165) is 12.2 Å². The van der Waals surface area contributed by atoms with E-state index in [1.807, 2.05) is 32.9 Å². The molecule has 1 atom stereocenters. The number of likely N-dealkylation sites (tertiary alicyclic amines) is 1. The molecular formula is C15H24N2O3. The van der Waals surface area contributed by atoms with Gasteiger partial charge in [0.05, 0.1) is 12.3 Å². The number of carbonyl (C=O) groups excluding carboxylic acids is 1. The molecule has 0 aromatic carbocycles. The van der Waals surface area contributed by atoms with Crippen LogP contribution < -0.4 is 5.32 Å². The molecule has 1 amide bonds. The molecule has 1 aromatic heterocycles. The number of hydrogen-bond donors (Lipinski definition) is 1. The van der Waals surface area contributed by atoms with Crippen molar-refractivity contribution in [1.29, 1.82) is 0 Å². The van der Waals surface area contributed by atoms with Gasteiger partial charge in [0.2, 0.25) is 0 Å². The van der Waals surface area contributed by atoms with E-state index in [0.29, 0.717) is 19.1 Å². The highest BCUT2D eigenvalue weighted by molar-refractivity contribution is 5.69. The van der Waals surface area contributed by atoms with Crippen molar-refractivity contribution in [3.63, 3.8) is 0 Å². The molecule has 0 radical (unpaired) electrons. The molecule has 1 aliphatic rings. The van der Waals surface area contributed by atoms with E-state index in [9.17, 15) is 4.79 Å². The number of nitrogens with zero attached hydrogens (tertiary/aromatic N) is 1. The minimum Gasteiger partial charge on any atom is -0.468 e. The van der Waals surface area contributed by atoms with E-state index in [2.05, 4.69) is 12.2 Å². The second-order valence-corrected chi connectivity index (χ2v) is 6.23. The lowest BCUT2D eigenvalue weighted by atomic mass is 10.1. The summed E-state index contributed by atoms with van der Waals surface area (Å²) in [5, 5.41) is 3.51. The zero-order chi connectivity index (χ0) is 14.8. The van der Waals surface area contributed by atoms with Crippen LogP contribution in [0.4, 0.5) is 4.79 Å². The molecule has 2 heterocycles. The highest BCUT2D eigenvalue weighted by Crippen LogP contribution is 2.21. The molecule has 5 heteroatoms. The number of carbonyl (C=O) groups is 1. The maximum Gasteiger partial charge on any atom is 0.410 e. The number of nitrogens with one attached hydrogen (secondary N) is 1. The molecule has 5 nitrogen and oxygen atoms in total. The minimum atomic E-state index is -0.435. The van der Waals surface area contributed by atoms with Crippen LogP contribution in [0.1, 0.15) is 45.9 Å². The van der Waals surface area contributed by atoms with Gasteiger partial charge < -0.3 is 19.4 Å². The summed E-state index contributed by atoms with van der Waals surface area (Å²) in [4.78, 5) is 13.5. The molecule has 0 saturated carbocycles. The quantitative estimate of drug-likeness (QED) is 0.921. The zero-order valence-electron chi connectivity index (χ0n) is 12.7. The predicted molar refractivity (Wildman–Crippen MR) is 76.5 cm³/mol. The van der Waals surface area contributed by atoms with Gasteiger partial charge in [-0.3, -0.25) is 0 Å². The molecule has 1 unspecified atom stereocenters. The lowest BCUT2D eigenvalue weighted by Crippen LogP contribution is -2.61. The third-order valence-corrected chi connectivity index (χ3v) is 3.27. The highest BCUT2D eigenvalue weighted by Gasteiger charge is 2.34. The van der Waals surface area contributed by atoms with Crippen LogP contribution in [0.2, 0.25) is 0 Å².